The van der Waals surface area contributed by atoms with Gasteiger partial charge in [-0.2, -0.15) is 0 Å². The summed E-state index contributed by atoms with van der Waals surface area (Å²) in [5, 5.41) is 23.8. The van der Waals surface area contributed by atoms with Crippen molar-refractivity contribution in [1.29, 1.82) is 0 Å². The number of carboxylic acids is 2. The quantitative estimate of drug-likeness (QED) is 0.223. The molecule has 238 valence electrons. The van der Waals surface area contributed by atoms with Gasteiger partial charge in [-0.05, 0) is 37.5 Å². The molecule has 1 unspecified atom stereocenters. The van der Waals surface area contributed by atoms with Crippen molar-refractivity contribution >= 4 is 35.7 Å². The van der Waals surface area contributed by atoms with Crippen LogP contribution in [0.15, 0.2) is 91.0 Å². The summed E-state index contributed by atoms with van der Waals surface area (Å²) in [5.41, 5.74) is -1.92. The first-order valence-electron chi connectivity index (χ1n) is 14.1. The molecule has 1 saturated heterocycles. The molecule has 0 bridgehead atoms. The van der Waals surface area contributed by atoms with E-state index in [2.05, 4.69) is 10.6 Å². The zero-order chi connectivity index (χ0) is 32.9. The van der Waals surface area contributed by atoms with Gasteiger partial charge in [-0.3, -0.25) is 19.2 Å². The normalized spacial score (nSPS) is 17.8. The van der Waals surface area contributed by atoms with Crippen molar-refractivity contribution < 1.29 is 41.8 Å². The van der Waals surface area contributed by atoms with E-state index in [9.17, 15) is 39.0 Å². The largest absolute Gasteiger partial charge is 0.481 e. The van der Waals surface area contributed by atoms with E-state index in [0.29, 0.717) is 5.56 Å². The second-order valence-corrected chi connectivity index (χ2v) is 11.3. The molecule has 1 aliphatic heterocycles. The Morgan fingerprint density at radius 1 is 0.844 bits per heavy atom. The zero-order valence-corrected chi connectivity index (χ0v) is 25.0. The summed E-state index contributed by atoms with van der Waals surface area (Å²) in [5.74, 6) is -5.60. The van der Waals surface area contributed by atoms with Crippen LogP contribution in [-0.4, -0.2) is 67.3 Å². The number of hydrogen-bond donors (Lipinski definition) is 4. The fraction of sp³-hybridized carbons (Fsp3) is 0.273. The number of imide groups is 1. The van der Waals surface area contributed by atoms with Crippen molar-refractivity contribution in [2.24, 2.45) is 0 Å². The molecule has 0 aliphatic carbocycles. The van der Waals surface area contributed by atoms with Crippen molar-refractivity contribution in [1.82, 2.24) is 20.4 Å². The van der Waals surface area contributed by atoms with Gasteiger partial charge in [0.05, 0.1) is 6.42 Å². The molecule has 1 aliphatic rings. The molecule has 4 rings (SSSR count). The first-order chi connectivity index (χ1) is 21.3. The molecule has 4 N–H and O–H groups in total. The maximum absolute atomic E-state index is 14.2. The van der Waals surface area contributed by atoms with Crippen LogP contribution in [0.5, 0.6) is 0 Å². The zero-order valence-electron chi connectivity index (χ0n) is 25.0. The third kappa shape index (κ3) is 6.54. The lowest BCUT2D eigenvalue weighted by Gasteiger charge is -2.33. The first kappa shape index (κ1) is 32.4. The van der Waals surface area contributed by atoms with E-state index in [1.165, 1.54) is 30.9 Å². The average molecular weight is 619 g/mol. The number of carbonyl (C=O) groups excluding carboxylic acids is 4. The Morgan fingerprint density at radius 2 is 1.38 bits per heavy atom. The molecular formula is C33H38N4O8. The SMILES string of the molecule is CC(C)(C(=O)N[C@@H](CC(=O)O)C(=O)N[C@H](C(=O)O)c1ccccc1)N1C(=O)N(Cc2ccccc2)C(C)(c2ccccc2)C1=O.[HH].[HH]. The van der Waals surface area contributed by atoms with Crippen LogP contribution in [0.25, 0.3) is 0 Å². The number of amides is 5. The van der Waals surface area contributed by atoms with E-state index in [1.807, 2.05) is 6.07 Å². The van der Waals surface area contributed by atoms with Crippen LogP contribution < -0.4 is 10.6 Å². The van der Waals surface area contributed by atoms with Gasteiger partial charge in [-0.25, -0.2) is 14.5 Å². The van der Waals surface area contributed by atoms with Gasteiger partial charge in [0.1, 0.15) is 17.1 Å². The van der Waals surface area contributed by atoms with Gasteiger partial charge in [-0.1, -0.05) is 91.0 Å². The lowest BCUT2D eigenvalue weighted by atomic mass is 9.89. The number of urea groups is 1. The van der Waals surface area contributed by atoms with Crippen LogP contribution >= 0.6 is 0 Å². The molecule has 0 aromatic heterocycles. The second-order valence-electron chi connectivity index (χ2n) is 11.3. The number of carboxylic acid groups (broad SMARTS) is 2. The number of hydrogen-bond acceptors (Lipinski definition) is 6. The van der Waals surface area contributed by atoms with E-state index >= 15 is 0 Å². The molecule has 0 saturated carbocycles. The van der Waals surface area contributed by atoms with Crippen molar-refractivity contribution in [2.75, 3.05) is 0 Å². The van der Waals surface area contributed by atoms with Crippen LogP contribution in [0, 0.1) is 0 Å². The standard InChI is InChI=1S/C33H34N4O8.2H2/c1-32(2,29(43)34-24(19-25(38)39)27(40)35-26(28(41)42)22-15-9-5-10-16-22)37-30(44)33(3,23-17-11-6-12-18-23)36(31(37)45)20-21-13-7-4-8-14-21;;/h4-18,24,26H,19-20H2,1-3H3,(H,34,43)(H,35,40)(H,38,39)(H,41,42);2*1H/t24-,26-,33?;;/m0../s1. The molecule has 5 amide bonds. The van der Waals surface area contributed by atoms with Crippen LogP contribution in [0.4, 0.5) is 4.79 Å². The van der Waals surface area contributed by atoms with E-state index in [-0.39, 0.29) is 15.0 Å². The lowest BCUT2D eigenvalue weighted by molar-refractivity contribution is -0.146. The van der Waals surface area contributed by atoms with E-state index in [4.69, 9.17) is 0 Å². The predicted octanol–water partition coefficient (Wildman–Crippen LogP) is 3.54. The van der Waals surface area contributed by atoms with Crippen LogP contribution in [-0.2, 0) is 36.1 Å². The summed E-state index contributed by atoms with van der Waals surface area (Å²) in [6, 6.07) is 21.4. The highest BCUT2D eigenvalue weighted by atomic mass is 16.4. The summed E-state index contributed by atoms with van der Waals surface area (Å²) in [4.78, 5) is 81.1. The Bertz CT molecular complexity index is 1610. The molecule has 3 aromatic rings. The minimum atomic E-state index is -1.90. The fourth-order valence-corrected chi connectivity index (χ4v) is 5.26. The van der Waals surface area contributed by atoms with Gasteiger partial charge >= 0.3 is 18.0 Å². The second kappa shape index (κ2) is 13.0. The molecule has 12 nitrogen and oxygen atoms in total. The van der Waals surface area contributed by atoms with E-state index < -0.39 is 65.3 Å². The van der Waals surface area contributed by atoms with Crippen LogP contribution in [0.1, 0.15) is 52.8 Å². The van der Waals surface area contributed by atoms with Gasteiger partial charge in [0.25, 0.3) is 5.91 Å². The van der Waals surface area contributed by atoms with Gasteiger partial charge in [0, 0.05) is 9.40 Å². The fourth-order valence-electron chi connectivity index (χ4n) is 5.26. The molecule has 3 atom stereocenters. The number of nitrogens with zero attached hydrogens (tertiary/aromatic N) is 2. The Hall–Kier alpha value is -5.52. The number of benzene rings is 3. The monoisotopic (exact) mass is 618 g/mol. The Kier molecular flexibility index (Phi) is 9.36. The van der Waals surface area contributed by atoms with E-state index in [0.717, 1.165) is 10.5 Å². The molecule has 12 heteroatoms. The van der Waals surface area contributed by atoms with Crippen molar-refractivity contribution in [3.8, 4) is 0 Å². The molecule has 3 aromatic carbocycles. The van der Waals surface area contributed by atoms with Crippen LogP contribution in [0.3, 0.4) is 0 Å². The molecule has 45 heavy (non-hydrogen) atoms. The number of nitrogens with one attached hydrogen (secondary N) is 2. The minimum absolute atomic E-state index is 0. The topological polar surface area (TPSA) is 173 Å². The Labute approximate surface area is 262 Å². The van der Waals surface area contributed by atoms with Crippen molar-refractivity contribution in [3.05, 3.63) is 108 Å². The summed E-state index contributed by atoms with van der Waals surface area (Å²) in [6.07, 6.45) is -0.890. The van der Waals surface area contributed by atoms with Crippen LogP contribution in [0.2, 0.25) is 0 Å². The van der Waals surface area contributed by atoms with Gasteiger partial charge in [-0.15, -0.1) is 0 Å². The number of carbonyl (C=O) groups is 6. The van der Waals surface area contributed by atoms with E-state index in [1.54, 1.807) is 79.7 Å². The summed E-state index contributed by atoms with van der Waals surface area (Å²) in [7, 11) is 0. The molecule has 0 spiro atoms. The summed E-state index contributed by atoms with van der Waals surface area (Å²) < 4.78 is 0. The maximum Gasteiger partial charge on any atom is 0.330 e. The van der Waals surface area contributed by atoms with Gasteiger partial charge in [0.15, 0.2) is 6.04 Å². The lowest BCUT2D eigenvalue weighted by Crippen LogP contribution is -2.61. The molecule has 1 heterocycles. The highest BCUT2D eigenvalue weighted by molar-refractivity contribution is 6.11. The average Bonchev–Trinajstić information content (AvgIpc) is 3.21. The molecule has 0 radical (unpaired) electrons. The number of rotatable bonds is 12. The Morgan fingerprint density at radius 3 is 1.91 bits per heavy atom. The summed E-state index contributed by atoms with van der Waals surface area (Å²) in [6.45, 7) is 4.27. The third-order valence-electron chi connectivity index (χ3n) is 7.88. The first-order valence-corrected chi connectivity index (χ1v) is 14.1. The third-order valence-corrected chi connectivity index (χ3v) is 7.88. The summed E-state index contributed by atoms with van der Waals surface area (Å²) >= 11 is 0. The van der Waals surface area contributed by atoms with Gasteiger partial charge < -0.3 is 25.7 Å². The maximum atomic E-state index is 14.2. The smallest absolute Gasteiger partial charge is 0.330 e. The van der Waals surface area contributed by atoms with Crippen molar-refractivity contribution in [2.45, 2.75) is 56.9 Å². The molecule has 1 fully saturated rings. The van der Waals surface area contributed by atoms with Crippen molar-refractivity contribution in [3.63, 3.8) is 0 Å². The predicted molar refractivity (Wildman–Crippen MR) is 165 cm³/mol. The molecular weight excluding hydrogens is 580 g/mol. The Balaban J connectivity index is 0.00000384. The minimum Gasteiger partial charge on any atom is -0.481 e. The highest BCUT2D eigenvalue weighted by Crippen LogP contribution is 2.41. The van der Waals surface area contributed by atoms with Gasteiger partial charge in [0.2, 0.25) is 11.8 Å². The number of aliphatic carboxylic acids is 2. The highest BCUT2D eigenvalue weighted by Gasteiger charge is 2.60.